The highest BCUT2D eigenvalue weighted by Crippen LogP contribution is 2.26. The molecule has 0 bridgehead atoms. The van der Waals surface area contributed by atoms with Crippen molar-refractivity contribution in [2.45, 2.75) is 44.9 Å². The lowest BCUT2D eigenvalue weighted by Crippen LogP contribution is -2.47. The van der Waals surface area contributed by atoms with Crippen molar-refractivity contribution < 1.29 is 19.1 Å². The first-order chi connectivity index (χ1) is 19.6. The molecule has 0 unspecified atom stereocenters. The molecule has 1 aliphatic heterocycles. The second-order valence-electron chi connectivity index (χ2n) is 9.84. The van der Waals surface area contributed by atoms with Crippen LogP contribution in [-0.2, 0) is 27.3 Å². The minimum Gasteiger partial charge on any atom is -0.494 e. The summed E-state index contributed by atoms with van der Waals surface area (Å²) in [6, 6.07) is 24.0. The molecule has 2 atom stereocenters. The molecule has 1 N–H and O–H groups in total. The van der Waals surface area contributed by atoms with E-state index >= 15 is 0 Å². The van der Waals surface area contributed by atoms with Crippen molar-refractivity contribution in [3.63, 3.8) is 0 Å². The first kappa shape index (κ1) is 27.3. The molecule has 1 fully saturated rings. The number of amides is 2. The summed E-state index contributed by atoms with van der Waals surface area (Å²) in [4.78, 5) is 29.5. The maximum atomic E-state index is 14.0. The predicted molar refractivity (Wildman–Crippen MR) is 152 cm³/mol. The zero-order valence-electron chi connectivity index (χ0n) is 22.7. The molecule has 0 radical (unpaired) electrons. The van der Waals surface area contributed by atoms with Crippen molar-refractivity contribution in [3.8, 4) is 5.75 Å². The number of hydrogen-bond acceptors (Lipinski definition) is 6. The number of aromatic nitrogens is 3. The standard InChI is InChI=1S/C31H35N5O4/c1-2-39-25-16-14-24(15-17-25)30(31(38)32-21-26-11-8-20-40-26)35(19-18-23-9-4-3-5-10-23)29(37)22-36-28-13-7-6-12-27(28)33-34-36/h3-7,9-10,12-17,26,30H,2,8,11,18-22H2,1H3,(H,32,38)/t26-,30-/m1/s1. The molecular formula is C31H35N5O4. The Balaban J connectivity index is 1.46. The van der Waals surface area contributed by atoms with Gasteiger partial charge in [-0.05, 0) is 61.6 Å². The largest absolute Gasteiger partial charge is 0.494 e. The van der Waals surface area contributed by atoms with Crippen LogP contribution < -0.4 is 10.1 Å². The molecular weight excluding hydrogens is 506 g/mol. The topological polar surface area (TPSA) is 98.6 Å². The Bertz CT molecular complexity index is 1400. The van der Waals surface area contributed by atoms with Gasteiger partial charge in [0.25, 0.3) is 0 Å². The summed E-state index contributed by atoms with van der Waals surface area (Å²) in [5, 5.41) is 11.5. The van der Waals surface area contributed by atoms with Gasteiger partial charge in [-0.25, -0.2) is 4.68 Å². The molecule has 0 spiro atoms. The van der Waals surface area contributed by atoms with E-state index in [0.717, 1.165) is 23.9 Å². The van der Waals surface area contributed by atoms with Crippen LogP contribution in [0, 0.1) is 0 Å². The Morgan fingerprint density at radius 3 is 2.60 bits per heavy atom. The first-order valence-electron chi connectivity index (χ1n) is 13.9. The lowest BCUT2D eigenvalue weighted by molar-refractivity contribution is -0.141. The van der Waals surface area contributed by atoms with Gasteiger partial charge in [-0.2, -0.15) is 0 Å². The van der Waals surface area contributed by atoms with Gasteiger partial charge >= 0.3 is 0 Å². The van der Waals surface area contributed by atoms with Crippen LogP contribution in [0.4, 0.5) is 0 Å². The Morgan fingerprint density at radius 1 is 1.07 bits per heavy atom. The molecule has 4 aromatic rings. The van der Waals surface area contributed by atoms with Crippen LogP contribution in [0.5, 0.6) is 5.75 Å². The summed E-state index contributed by atoms with van der Waals surface area (Å²) in [5.41, 5.74) is 3.26. The van der Waals surface area contributed by atoms with E-state index in [1.807, 2.05) is 85.8 Å². The van der Waals surface area contributed by atoms with Gasteiger partial charge in [-0.15, -0.1) is 5.10 Å². The highest BCUT2D eigenvalue weighted by atomic mass is 16.5. The molecule has 9 heteroatoms. The van der Waals surface area contributed by atoms with E-state index in [1.165, 1.54) is 0 Å². The number of para-hydroxylation sites is 1. The van der Waals surface area contributed by atoms with Crippen LogP contribution in [-0.4, -0.2) is 64.1 Å². The van der Waals surface area contributed by atoms with Gasteiger partial charge in [0, 0.05) is 19.7 Å². The van der Waals surface area contributed by atoms with Crippen LogP contribution in [0.15, 0.2) is 78.9 Å². The van der Waals surface area contributed by atoms with Gasteiger partial charge < -0.3 is 19.7 Å². The summed E-state index contributed by atoms with van der Waals surface area (Å²) >= 11 is 0. The summed E-state index contributed by atoms with van der Waals surface area (Å²) in [6.07, 6.45) is 2.47. The fraction of sp³-hybridized carbons (Fsp3) is 0.355. The first-order valence-corrected chi connectivity index (χ1v) is 13.9. The Hall–Kier alpha value is -4.24. The monoisotopic (exact) mass is 541 g/mol. The van der Waals surface area contributed by atoms with Crippen LogP contribution in [0.3, 0.4) is 0 Å². The van der Waals surface area contributed by atoms with E-state index < -0.39 is 6.04 Å². The Morgan fingerprint density at radius 2 is 1.85 bits per heavy atom. The van der Waals surface area contributed by atoms with Crippen molar-refractivity contribution in [1.82, 2.24) is 25.2 Å². The lowest BCUT2D eigenvalue weighted by atomic mass is 10.0. The van der Waals surface area contributed by atoms with E-state index in [4.69, 9.17) is 9.47 Å². The van der Waals surface area contributed by atoms with Crippen molar-refractivity contribution in [3.05, 3.63) is 90.0 Å². The molecule has 0 aliphatic carbocycles. The fourth-order valence-corrected chi connectivity index (χ4v) is 5.05. The van der Waals surface area contributed by atoms with Gasteiger partial charge in [0.05, 0.1) is 18.2 Å². The fourth-order valence-electron chi connectivity index (χ4n) is 5.05. The summed E-state index contributed by atoms with van der Waals surface area (Å²) < 4.78 is 12.9. The highest BCUT2D eigenvalue weighted by Gasteiger charge is 2.32. The molecule has 1 saturated heterocycles. The average Bonchev–Trinajstić information content (AvgIpc) is 3.66. The molecule has 1 aromatic heterocycles. The molecule has 3 aromatic carbocycles. The summed E-state index contributed by atoms with van der Waals surface area (Å²) in [7, 11) is 0. The smallest absolute Gasteiger partial charge is 0.247 e. The van der Waals surface area contributed by atoms with Crippen LogP contribution in [0.2, 0.25) is 0 Å². The third-order valence-corrected chi connectivity index (χ3v) is 7.10. The average molecular weight is 542 g/mol. The van der Waals surface area contributed by atoms with Gasteiger partial charge in [0.1, 0.15) is 23.9 Å². The van der Waals surface area contributed by atoms with Crippen molar-refractivity contribution in [1.29, 1.82) is 0 Å². The zero-order valence-corrected chi connectivity index (χ0v) is 22.7. The number of nitrogens with zero attached hydrogens (tertiary/aromatic N) is 4. The van der Waals surface area contributed by atoms with Gasteiger partial charge in [0.2, 0.25) is 11.8 Å². The van der Waals surface area contributed by atoms with E-state index in [1.54, 1.807) is 9.58 Å². The molecule has 5 rings (SSSR count). The molecule has 208 valence electrons. The number of rotatable bonds is 12. The van der Waals surface area contributed by atoms with E-state index in [-0.39, 0.29) is 24.5 Å². The summed E-state index contributed by atoms with van der Waals surface area (Å²) in [6.45, 7) is 3.88. The SMILES string of the molecule is CCOc1ccc([C@H](C(=O)NC[C@H]2CCCO2)N(CCc2ccccc2)C(=O)Cn2nnc3ccccc32)cc1. The molecule has 40 heavy (non-hydrogen) atoms. The minimum atomic E-state index is -0.844. The minimum absolute atomic E-state index is 0.0140. The van der Waals surface area contributed by atoms with Crippen LogP contribution in [0.25, 0.3) is 11.0 Å². The quantitative estimate of drug-likeness (QED) is 0.292. The number of carbonyl (C=O) groups excluding carboxylic acids is 2. The van der Waals surface area contributed by atoms with Crippen LogP contribution >= 0.6 is 0 Å². The molecule has 2 heterocycles. The second kappa shape index (κ2) is 13.2. The third kappa shape index (κ3) is 6.66. The van der Waals surface area contributed by atoms with Crippen molar-refractivity contribution in [2.24, 2.45) is 0 Å². The Kier molecular flexibility index (Phi) is 9.03. The second-order valence-corrected chi connectivity index (χ2v) is 9.84. The van der Waals surface area contributed by atoms with Gasteiger partial charge in [0.15, 0.2) is 0 Å². The third-order valence-electron chi connectivity index (χ3n) is 7.10. The number of ether oxygens (including phenoxy) is 2. The molecule has 9 nitrogen and oxygen atoms in total. The van der Waals surface area contributed by atoms with Crippen LogP contribution in [0.1, 0.15) is 36.9 Å². The number of hydrogen-bond donors (Lipinski definition) is 1. The predicted octanol–water partition coefficient (Wildman–Crippen LogP) is 3.94. The number of benzene rings is 3. The lowest BCUT2D eigenvalue weighted by Gasteiger charge is -2.32. The number of nitrogens with one attached hydrogen (secondary N) is 1. The van der Waals surface area contributed by atoms with Gasteiger partial charge in [-0.1, -0.05) is 59.8 Å². The maximum absolute atomic E-state index is 14.0. The zero-order chi connectivity index (χ0) is 27.7. The van der Waals surface area contributed by atoms with E-state index in [9.17, 15) is 9.59 Å². The Labute approximate surface area is 234 Å². The molecule has 0 saturated carbocycles. The van der Waals surface area contributed by atoms with E-state index in [2.05, 4.69) is 15.6 Å². The van der Waals surface area contributed by atoms with Crippen molar-refractivity contribution >= 4 is 22.8 Å². The highest BCUT2D eigenvalue weighted by molar-refractivity contribution is 5.89. The number of fused-ring (bicyclic) bond motifs is 1. The van der Waals surface area contributed by atoms with Crippen molar-refractivity contribution in [2.75, 3.05) is 26.3 Å². The summed E-state index contributed by atoms with van der Waals surface area (Å²) in [5.74, 6) is 0.239. The maximum Gasteiger partial charge on any atom is 0.247 e. The molecule has 2 amide bonds. The van der Waals surface area contributed by atoms with E-state index in [0.29, 0.717) is 49.6 Å². The van der Waals surface area contributed by atoms with Gasteiger partial charge in [-0.3, -0.25) is 9.59 Å². The normalized spacial score (nSPS) is 15.6. The number of carbonyl (C=O) groups is 2. The molecule has 1 aliphatic rings.